The van der Waals surface area contributed by atoms with Gasteiger partial charge in [-0.2, -0.15) is 0 Å². The average molecular weight is 422 g/mol. The van der Waals surface area contributed by atoms with Crippen molar-refractivity contribution in [2.45, 2.75) is 24.8 Å². The van der Waals surface area contributed by atoms with Gasteiger partial charge in [0.05, 0.1) is 17.0 Å². The van der Waals surface area contributed by atoms with Crippen LogP contribution in [0, 0.1) is 0 Å². The van der Waals surface area contributed by atoms with E-state index in [4.69, 9.17) is 5.73 Å². The number of nitrogens with two attached hydrogens (primary N) is 1. The number of primary amides is 1. The molecule has 0 saturated carbocycles. The number of thiophene rings is 1. The number of carbonyl (C=O) groups is 3. The van der Waals surface area contributed by atoms with Crippen LogP contribution in [0.2, 0.25) is 0 Å². The number of anilines is 1. The number of rotatable bonds is 4. The molecule has 3 amide bonds. The lowest BCUT2D eigenvalue weighted by Gasteiger charge is -2.25. The molecule has 0 fully saturated rings. The second kappa shape index (κ2) is 7.36. The van der Waals surface area contributed by atoms with Gasteiger partial charge in [-0.05, 0) is 30.2 Å². The maximum atomic E-state index is 12.6. The van der Waals surface area contributed by atoms with Crippen LogP contribution in [0.25, 0.3) is 0 Å². The monoisotopic (exact) mass is 421 g/mol. The molecule has 1 aromatic heterocycles. The normalized spacial score (nSPS) is 13.7. The highest BCUT2D eigenvalue weighted by Gasteiger charge is 2.28. The van der Waals surface area contributed by atoms with Crippen LogP contribution in [0.5, 0.6) is 0 Å². The molecule has 0 aliphatic carbocycles. The standard InChI is InChI=1S/C18H19N3O5S2/c1-10(22)21-7-6-13-14(9-21)27-18(15(13)16(19)23)20-17(24)11-4-3-5-12(8-11)28(2,25)26/h3-5,8H,6-7,9H2,1-2H3,(H2,19,23)(H,20,24). The maximum Gasteiger partial charge on any atom is 0.256 e. The van der Waals surface area contributed by atoms with Crippen LogP contribution < -0.4 is 11.1 Å². The molecule has 1 aliphatic rings. The number of sulfone groups is 1. The molecule has 0 bridgehead atoms. The van der Waals surface area contributed by atoms with E-state index in [-0.39, 0.29) is 21.9 Å². The predicted molar refractivity (Wildman–Crippen MR) is 105 cm³/mol. The summed E-state index contributed by atoms with van der Waals surface area (Å²) in [6.07, 6.45) is 1.53. The molecule has 3 N–H and O–H groups in total. The number of hydrogen-bond acceptors (Lipinski definition) is 6. The summed E-state index contributed by atoms with van der Waals surface area (Å²) in [5, 5.41) is 2.97. The van der Waals surface area contributed by atoms with Gasteiger partial charge in [0.15, 0.2) is 9.84 Å². The van der Waals surface area contributed by atoms with Gasteiger partial charge < -0.3 is 16.0 Å². The van der Waals surface area contributed by atoms with Crippen LogP contribution in [0.3, 0.4) is 0 Å². The number of benzene rings is 1. The van der Waals surface area contributed by atoms with E-state index in [1.165, 1.54) is 42.5 Å². The van der Waals surface area contributed by atoms with Gasteiger partial charge in [-0.3, -0.25) is 14.4 Å². The zero-order valence-electron chi connectivity index (χ0n) is 15.3. The van der Waals surface area contributed by atoms with Crippen molar-refractivity contribution in [1.29, 1.82) is 0 Å². The van der Waals surface area contributed by atoms with Gasteiger partial charge in [-0.25, -0.2) is 8.42 Å². The minimum atomic E-state index is -3.46. The predicted octanol–water partition coefficient (Wildman–Crippen LogP) is 1.41. The van der Waals surface area contributed by atoms with Crippen molar-refractivity contribution in [1.82, 2.24) is 4.90 Å². The molecule has 28 heavy (non-hydrogen) atoms. The van der Waals surface area contributed by atoms with E-state index >= 15 is 0 Å². The lowest BCUT2D eigenvalue weighted by atomic mass is 10.0. The van der Waals surface area contributed by atoms with Crippen LogP contribution in [-0.4, -0.2) is 43.8 Å². The van der Waals surface area contributed by atoms with E-state index in [0.29, 0.717) is 24.5 Å². The molecule has 0 saturated heterocycles. The van der Waals surface area contributed by atoms with Gasteiger partial charge in [0.1, 0.15) is 5.00 Å². The Bertz CT molecular complexity index is 1090. The zero-order valence-corrected chi connectivity index (χ0v) is 16.9. The molecule has 0 spiro atoms. The lowest BCUT2D eigenvalue weighted by molar-refractivity contribution is -0.129. The Labute approximate surface area is 166 Å². The molecule has 1 aromatic carbocycles. The highest BCUT2D eigenvalue weighted by atomic mass is 32.2. The Hall–Kier alpha value is -2.72. The maximum absolute atomic E-state index is 12.6. The number of amides is 3. The zero-order chi connectivity index (χ0) is 20.6. The molecule has 0 unspecified atom stereocenters. The van der Waals surface area contributed by atoms with Gasteiger partial charge in [-0.15, -0.1) is 11.3 Å². The smallest absolute Gasteiger partial charge is 0.256 e. The molecule has 1 aliphatic heterocycles. The highest BCUT2D eigenvalue weighted by Crippen LogP contribution is 2.37. The van der Waals surface area contributed by atoms with E-state index in [0.717, 1.165) is 16.7 Å². The van der Waals surface area contributed by atoms with Crippen molar-refractivity contribution >= 4 is 43.9 Å². The van der Waals surface area contributed by atoms with E-state index in [1.807, 2.05) is 0 Å². The topological polar surface area (TPSA) is 127 Å². The van der Waals surface area contributed by atoms with E-state index in [2.05, 4.69) is 5.32 Å². The molecule has 0 atom stereocenters. The molecule has 8 nitrogen and oxygen atoms in total. The summed E-state index contributed by atoms with van der Waals surface area (Å²) in [4.78, 5) is 38.7. The number of fused-ring (bicyclic) bond motifs is 1. The Kier molecular flexibility index (Phi) is 5.26. The quantitative estimate of drug-likeness (QED) is 0.772. The lowest BCUT2D eigenvalue weighted by Crippen LogP contribution is -2.34. The number of carbonyl (C=O) groups excluding carboxylic acids is 3. The summed E-state index contributed by atoms with van der Waals surface area (Å²) in [6, 6.07) is 5.64. The highest BCUT2D eigenvalue weighted by molar-refractivity contribution is 7.90. The largest absolute Gasteiger partial charge is 0.365 e. The fourth-order valence-corrected chi connectivity index (χ4v) is 4.99. The van der Waals surface area contributed by atoms with Crippen molar-refractivity contribution in [3.63, 3.8) is 0 Å². The summed E-state index contributed by atoms with van der Waals surface area (Å²) in [5.41, 5.74) is 6.67. The van der Waals surface area contributed by atoms with Crippen molar-refractivity contribution < 1.29 is 22.8 Å². The third kappa shape index (κ3) is 3.92. The third-order valence-electron chi connectivity index (χ3n) is 4.50. The van der Waals surface area contributed by atoms with Crippen LogP contribution >= 0.6 is 11.3 Å². The van der Waals surface area contributed by atoms with Crippen molar-refractivity contribution in [2.75, 3.05) is 18.1 Å². The van der Waals surface area contributed by atoms with Crippen molar-refractivity contribution in [3.05, 3.63) is 45.8 Å². The first-order valence-corrected chi connectivity index (χ1v) is 11.1. The fourth-order valence-electron chi connectivity index (χ4n) is 3.06. The molecule has 148 valence electrons. The Morgan fingerprint density at radius 1 is 1.25 bits per heavy atom. The SMILES string of the molecule is CC(=O)N1CCc2c(sc(NC(=O)c3cccc(S(C)(=O)=O)c3)c2C(N)=O)C1. The van der Waals surface area contributed by atoms with Gasteiger partial charge >= 0.3 is 0 Å². The first kappa shape index (κ1) is 20.0. The fraction of sp³-hybridized carbons (Fsp3) is 0.278. The molecule has 2 heterocycles. The number of nitrogens with one attached hydrogen (secondary N) is 1. The Balaban J connectivity index is 1.94. The molecular formula is C18H19N3O5S2. The number of nitrogens with zero attached hydrogens (tertiary/aromatic N) is 1. The first-order chi connectivity index (χ1) is 13.1. The second-order valence-corrected chi connectivity index (χ2v) is 9.64. The van der Waals surface area contributed by atoms with Crippen molar-refractivity contribution in [2.24, 2.45) is 5.73 Å². The molecule has 2 aromatic rings. The first-order valence-electron chi connectivity index (χ1n) is 8.39. The molecule has 0 radical (unpaired) electrons. The van der Waals surface area contributed by atoms with Crippen LogP contribution in [0.15, 0.2) is 29.2 Å². The summed E-state index contributed by atoms with van der Waals surface area (Å²) >= 11 is 1.20. The summed E-state index contributed by atoms with van der Waals surface area (Å²) in [5.74, 6) is -1.27. The summed E-state index contributed by atoms with van der Waals surface area (Å²) < 4.78 is 23.4. The van der Waals surface area contributed by atoms with Crippen LogP contribution in [0.4, 0.5) is 5.00 Å². The van der Waals surface area contributed by atoms with Gasteiger partial charge in [-0.1, -0.05) is 6.07 Å². The summed E-state index contributed by atoms with van der Waals surface area (Å²) in [6.45, 7) is 2.31. The van der Waals surface area contributed by atoms with Gasteiger partial charge in [0, 0.05) is 30.2 Å². The molecule has 10 heteroatoms. The molecular weight excluding hydrogens is 402 g/mol. The Morgan fingerprint density at radius 2 is 1.96 bits per heavy atom. The third-order valence-corrected chi connectivity index (χ3v) is 6.74. The van der Waals surface area contributed by atoms with Crippen LogP contribution in [0.1, 0.15) is 38.1 Å². The summed E-state index contributed by atoms with van der Waals surface area (Å²) in [7, 11) is -3.46. The minimum absolute atomic E-state index is 0.0258. The van der Waals surface area contributed by atoms with Crippen molar-refractivity contribution in [3.8, 4) is 0 Å². The van der Waals surface area contributed by atoms with Crippen LogP contribution in [-0.2, 0) is 27.6 Å². The van der Waals surface area contributed by atoms with E-state index in [9.17, 15) is 22.8 Å². The van der Waals surface area contributed by atoms with E-state index < -0.39 is 21.7 Å². The number of hydrogen-bond donors (Lipinski definition) is 2. The van der Waals surface area contributed by atoms with Gasteiger partial charge in [0.25, 0.3) is 11.8 Å². The van der Waals surface area contributed by atoms with Gasteiger partial charge in [0.2, 0.25) is 5.91 Å². The van der Waals surface area contributed by atoms with E-state index in [1.54, 1.807) is 4.90 Å². The Morgan fingerprint density at radius 3 is 2.57 bits per heavy atom. The second-order valence-electron chi connectivity index (χ2n) is 6.52. The molecule has 3 rings (SSSR count). The minimum Gasteiger partial charge on any atom is -0.365 e. The average Bonchev–Trinajstić information content (AvgIpc) is 2.98.